The molecule has 0 saturated carbocycles. The van der Waals surface area contributed by atoms with E-state index in [0.29, 0.717) is 0 Å². The van der Waals surface area contributed by atoms with E-state index in [2.05, 4.69) is 25.8 Å². The molecule has 0 aliphatic carbocycles. The normalized spacial score (nSPS) is 17.1. The minimum absolute atomic E-state index is 0.773. The van der Waals surface area contributed by atoms with Crippen LogP contribution < -0.4 is 10.6 Å². The quantitative estimate of drug-likeness (QED) is 0.784. The third-order valence-corrected chi connectivity index (χ3v) is 3.01. The molecule has 76 valence electrons. The van der Waals surface area contributed by atoms with Crippen molar-refractivity contribution in [1.29, 1.82) is 0 Å². The fourth-order valence-electron chi connectivity index (χ4n) is 1.84. The summed E-state index contributed by atoms with van der Waals surface area (Å²) in [6.45, 7) is 2.22. The highest BCUT2D eigenvalue weighted by Crippen LogP contribution is 2.27. The number of nitrogens with zero attached hydrogens (tertiary/aromatic N) is 2. The number of nitrogens with two attached hydrogens (primary N) is 1. The Kier molecular flexibility index (Phi) is 2.91. The molecule has 0 spiro atoms. The van der Waals surface area contributed by atoms with E-state index in [1.807, 2.05) is 6.07 Å². The van der Waals surface area contributed by atoms with Gasteiger partial charge in [-0.1, -0.05) is 0 Å². The van der Waals surface area contributed by atoms with Gasteiger partial charge in [-0.25, -0.2) is 4.98 Å². The van der Waals surface area contributed by atoms with Crippen molar-refractivity contribution < 1.29 is 0 Å². The van der Waals surface area contributed by atoms with Gasteiger partial charge in [-0.05, 0) is 41.3 Å². The highest BCUT2D eigenvalue weighted by molar-refractivity contribution is 9.10. The van der Waals surface area contributed by atoms with E-state index < -0.39 is 0 Å². The van der Waals surface area contributed by atoms with Crippen molar-refractivity contribution in [2.45, 2.75) is 19.3 Å². The zero-order valence-electron chi connectivity index (χ0n) is 8.04. The van der Waals surface area contributed by atoms with Gasteiger partial charge in [0, 0.05) is 13.1 Å². The van der Waals surface area contributed by atoms with Gasteiger partial charge in [0.2, 0.25) is 0 Å². The van der Waals surface area contributed by atoms with Crippen LogP contribution in [0.15, 0.2) is 16.9 Å². The Hall–Kier alpha value is -0.770. The van der Waals surface area contributed by atoms with Crippen molar-refractivity contribution in [2.24, 2.45) is 0 Å². The van der Waals surface area contributed by atoms with E-state index in [1.165, 1.54) is 19.3 Å². The number of hydrogen-bond donors (Lipinski definition) is 1. The summed E-state index contributed by atoms with van der Waals surface area (Å²) in [5.74, 6) is 0. The Bertz CT molecular complexity index is 321. The first kappa shape index (κ1) is 9.77. The number of rotatable bonds is 1. The van der Waals surface area contributed by atoms with Crippen molar-refractivity contribution >= 4 is 27.3 Å². The summed E-state index contributed by atoms with van der Waals surface area (Å²) in [6.07, 6.45) is 5.58. The second-order valence-corrected chi connectivity index (χ2v) is 4.43. The lowest BCUT2D eigenvalue weighted by atomic mass is 10.1. The molecule has 0 atom stereocenters. The Balaban J connectivity index is 2.24. The summed E-state index contributed by atoms with van der Waals surface area (Å²) in [6, 6.07) is 2.00. The smallest absolute Gasteiger partial charge is 0.108 e. The SMILES string of the molecule is Nc1cnc(Br)cc1N1CCCCC1. The fourth-order valence-corrected chi connectivity index (χ4v) is 2.16. The molecule has 2 rings (SSSR count). The van der Waals surface area contributed by atoms with Crippen molar-refractivity contribution in [1.82, 2.24) is 4.98 Å². The lowest BCUT2D eigenvalue weighted by molar-refractivity contribution is 0.578. The molecule has 0 unspecified atom stereocenters. The van der Waals surface area contributed by atoms with Crippen LogP contribution >= 0.6 is 15.9 Å². The number of pyridine rings is 1. The van der Waals surface area contributed by atoms with Gasteiger partial charge in [-0.3, -0.25) is 0 Å². The van der Waals surface area contributed by atoms with Crippen LogP contribution in [-0.2, 0) is 0 Å². The van der Waals surface area contributed by atoms with Crippen LogP contribution in [-0.4, -0.2) is 18.1 Å². The Morgan fingerprint density at radius 1 is 1.29 bits per heavy atom. The highest BCUT2D eigenvalue weighted by Gasteiger charge is 2.13. The third kappa shape index (κ3) is 2.00. The van der Waals surface area contributed by atoms with E-state index >= 15 is 0 Å². The predicted octanol–water partition coefficient (Wildman–Crippen LogP) is 2.42. The minimum Gasteiger partial charge on any atom is -0.396 e. The first-order valence-electron chi connectivity index (χ1n) is 4.93. The van der Waals surface area contributed by atoms with E-state index in [4.69, 9.17) is 5.73 Å². The lowest BCUT2D eigenvalue weighted by Crippen LogP contribution is -2.30. The van der Waals surface area contributed by atoms with Gasteiger partial charge in [-0.15, -0.1) is 0 Å². The van der Waals surface area contributed by atoms with Gasteiger partial charge in [0.15, 0.2) is 0 Å². The number of anilines is 2. The van der Waals surface area contributed by atoms with Crippen LogP contribution in [0.2, 0.25) is 0 Å². The zero-order chi connectivity index (χ0) is 9.97. The maximum absolute atomic E-state index is 5.90. The molecule has 1 aromatic heterocycles. The van der Waals surface area contributed by atoms with E-state index in [9.17, 15) is 0 Å². The molecule has 1 aromatic rings. The minimum atomic E-state index is 0.773. The first-order chi connectivity index (χ1) is 6.77. The molecule has 1 aliphatic heterocycles. The molecule has 1 aliphatic rings. The average Bonchev–Trinajstić information content (AvgIpc) is 2.23. The summed E-state index contributed by atoms with van der Waals surface area (Å²) in [7, 11) is 0. The molecule has 4 heteroatoms. The Labute approximate surface area is 92.4 Å². The first-order valence-corrected chi connectivity index (χ1v) is 5.72. The molecule has 0 amide bonds. The van der Waals surface area contributed by atoms with Crippen LogP contribution in [0.5, 0.6) is 0 Å². The zero-order valence-corrected chi connectivity index (χ0v) is 9.63. The van der Waals surface area contributed by atoms with Gasteiger partial charge >= 0.3 is 0 Å². The Morgan fingerprint density at radius 2 is 2.00 bits per heavy atom. The molecule has 0 bridgehead atoms. The third-order valence-electron chi connectivity index (χ3n) is 2.58. The van der Waals surface area contributed by atoms with Gasteiger partial charge in [0.1, 0.15) is 4.60 Å². The van der Waals surface area contributed by atoms with Gasteiger partial charge in [-0.2, -0.15) is 0 Å². The summed E-state index contributed by atoms with van der Waals surface area (Å²) >= 11 is 3.37. The van der Waals surface area contributed by atoms with Crippen LogP contribution in [0.25, 0.3) is 0 Å². The standard InChI is InChI=1S/C10H14BrN3/c11-10-6-9(8(12)7-13-10)14-4-2-1-3-5-14/h6-7H,1-5,12H2. The van der Waals surface area contributed by atoms with Gasteiger partial charge < -0.3 is 10.6 Å². The van der Waals surface area contributed by atoms with Crippen LogP contribution in [0.3, 0.4) is 0 Å². The molecule has 2 heterocycles. The monoisotopic (exact) mass is 255 g/mol. The van der Waals surface area contributed by atoms with Crippen LogP contribution in [0.1, 0.15) is 19.3 Å². The highest BCUT2D eigenvalue weighted by atomic mass is 79.9. The van der Waals surface area contributed by atoms with Crippen molar-refractivity contribution in [3.8, 4) is 0 Å². The molecule has 2 N–H and O–H groups in total. The number of piperidine rings is 1. The predicted molar refractivity (Wildman–Crippen MR) is 62.4 cm³/mol. The fraction of sp³-hybridized carbons (Fsp3) is 0.500. The molecular formula is C10H14BrN3. The van der Waals surface area contributed by atoms with Crippen LogP contribution in [0, 0.1) is 0 Å². The summed E-state index contributed by atoms with van der Waals surface area (Å²) in [5, 5.41) is 0. The Morgan fingerprint density at radius 3 is 2.71 bits per heavy atom. The maximum atomic E-state index is 5.90. The van der Waals surface area contributed by atoms with Gasteiger partial charge in [0.25, 0.3) is 0 Å². The van der Waals surface area contributed by atoms with Gasteiger partial charge in [0.05, 0.1) is 17.6 Å². The second kappa shape index (κ2) is 4.17. The largest absolute Gasteiger partial charge is 0.396 e. The lowest BCUT2D eigenvalue weighted by Gasteiger charge is -2.29. The summed E-state index contributed by atoms with van der Waals surface area (Å²) < 4.78 is 0.854. The second-order valence-electron chi connectivity index (χ2n) is 3.61. The summed E-state index contributed by atoms with van der Waals surface area (Å²) in [5.41, 5.74) is 7.79. The molecule has 0 radical (unpaired) electrons. The molecule has 0 aromatic carbocycles. The molecule has 1 fully saturated rings. The van der Waals surface area contributed by atoms with Crippen molar-refractivity contribution in [3.63, 3.8) is 0 Å². The van der Waals surface area contributed by atoms with Crippen molar-refractivity contribution in [2.75, 3.05) is 23.7 Å². The van der Waals surface area contributed by atoms with E-state index in [0.717, 1.165) is 29.1 Å². The molecule has 14 heavy (non-hydrogen) atoms. The van der Waals surface area contributed by atoms with E-state index in [1.54, 1.807) is 6.20 Å². The number of halogens is 1. The molecular weight excluding hydrogens is 242 g/mol. The average molecular weight is 256 g/mol. The molecule has 1 saturated heterocycles. The number of hydrogen-bond acceptors (Lipinski definition) is 3. The summed E-state index contributed by atoms with van der Waals surface area (Å²) in [4.78, 5) is 6.44. The van der Waals surface area contributed by atoms with Crippen molar-refractivity contribution in [3.05, 3.63) is 16.9 Å². The van der Waals surface area contributed by atoms with E-state index in [-0.39, 0.29) is 0 Å². The number of nitrogen functional groups attached to an aromatic ring is 1. The molecule has 3 nitrogen and oxygen atoms in total. The topological polar surface area (TPSA) is 42.1 Å². The maximum Gasteiger partial charge on any atom is 0.108 e. The number of aromatic nitrogens is 1. The van der Waals surface area contributed by atoms with Crippen LogP contribution in [0.4, 0.5) is 11.4 Å².